The van der Waals surface area contributed by atoms with E-state index in [1.807, 2.05) is 6.92 Å². The van der Waals surface area contributed by atoms with Gasteiger partial charge in [0.1, 0.15) is 11.4 Å². The van der Waals surface area contributed by atoms with Gasteiger partial charge in [-0.15, -0.1) is 0 Å². The van der Waals surface area contributed by atoms with Crippen molar-refractivity contribution in [2.24, 2.45) is 0 Å². The van der Waals surface area contributed by atoms with Crippen LogP contribution in [0.5, 0.6) is 5.75 Å². The fourth-order valence-electron chi connectivity index (χ4n) is 3.52. The molecule has 0 unspecified atom stereocenters. The number of fused-ring (bicyclic) bond motifs is 1. The first-order chi connectivity index (χ1) is 15.9. The highest BCUT2D eigenvalue weighted by Crippen LogP contribution is 2.27. The zero-order chi connectivity index (χ0) is 23.4. The van der Waals surface area contributed by atoms with Crippen molar-refractivity contribution >= 4 is 26.6 Å². The number of aromatic amines is 1. The molecule has 1 amide bonds. The van der Waals surface area contributed by atoms with Crippen LogP contribution in [0.15, 0.2) is 76.8 Å². The molecule has 4 rings (SSSR count). The average molecular weight is 464 g/mol. The number of amides is 1. The molecule has 33 heavy (non-hydrogen) atoms. The monoisotopic (exact) mass is 463 g/mol. The molecule has 170 valence electrons. The minimum atomic E-state index is -3.67. The minimum Gasteiger partial charge on any atom is -0.494 e. The van der Waals surface area contributed by atoms with E-state index < -0.39 is 9.84 Å². The van der Waals surface area contributed by atoms with Gasteiger partial charge >= 0.3 is 0 Å². The summed E-state index contributed by atoms with van der Waals surface area (Å²) in [5.74, 6) is 0.412. The molecule has 0 bridgehead atoms. The van der Waals surface area contributed by atoms with Crippen LogP contribution in [0.3, 0.4) is 0 Å². The van der Waals surface area contributed by atoms with Crippen molar-refractivity contribution < 1.29 is 17.9 Å². The molecular weight excluding hydrogens is 438 g/mol. The highest BCUT2D eigenvalue weighted by atomic mass is 32.2. The number of sulfone groups is 1. The van der Waals surface area contributed by atoms with Gasteiger partial charge in [0.15, 0.2) is 0 Å². The Balaban J connectivity index is 1.44. The van der Waals surface area contributed by atoms with Gasteiger partial charge in [-0.1, -0.05) is 19.1 Å². The summed E-state index contributed by atoms with van der Waals surface area (Å²) in [5, 5.41) is 3.70. The van der Waals surface area contributed by atoms with Crippen LogP contribution in [0, 0.1) is 6.92 Å². The van der Waals surface area contributed by atoms with E-state index in [2.05, 4.69) is 15.3 Å². The number of nitrogens with one attached hydrogen (secondary N) is 2. The molecule has 0 aliphatic rings. The molecule has 2 N–H and O–H groups in total. The summed E-state index contributed by atoms with van der Waals surface area (Å²) in [6.07, 6.45) is 4.23. The number of ether oxygens (including phenoxy) is 1. The van der Waals surface area contributed by atoms with E-state index in [1.54, 1.807) is 73.9 Å². The Hall–Kier alpha value is -3.65. The molecule has 0 fully saturated rings. The standard InChI is InChI=1S/C25H25N3O4S/c1-3-12-32-20-6-9-24(17(2)13-20)33(30,31)21-7-4-18(5-8-21)15-27-25(29)23-14-19-16-26-11-10-22(19)28-23/h4-11,13-14,16,28H,3,12,15H2,1-2H3,(H,27,29). The first-order valence-corrected chi connectivity index (χ1v) is 12.1. The maximum atomic E-state index is 13.1. The number of carbonyl (C=O) groups excluding carboxylic acids is 1. The van der Waals surface area contributed by atoms with E-state index in [4.69, 9.17) is 4.74 Å². The Morgan fingerprint density at radius 2 is 1.88 bits per heavy atom. The lowest BCUT2D eigenvalue weighted by atomic mass is 10.2. The van der Waals surface area contributed by atoms with Gasteiger partial charge < -0.3 is 15.0 Å². The van der Waals surface area contributed by atoms with Crippen molar-refractivity contribution in [2.75, 3.05) is 6.61 Å². The molecule has 0 aliphatic heterocycles. The number of aromatic nitrogens is 2. The summed E-state index contributed by atoms with van der Waals surface area (Å²) in [6.45, 7) is 4.63. The summed E-state index contributed by atoms with van der Waals surface area (Å²) in [4.78, 5) is 20.0. The summed E-state index contributed by atoms with van der Waals surface area (Å²) < 4.78 is 31.8. The molecule has 0 spiro atoms. The van der Waals surface area contributed by atoms with Crippen LogP contribution in [0.4, 0.5) is 0 Å². The summed E-state index contributed by atoms with van der Waals surface area (Å²) in [5.41, 5.74) is 2.71. The smallest absolute Gasteiger partial charge is 0.267 e. The van der Waals surface area contributed by atoms with Gasteiger partial charge in [0.05, 0.1) is 16.4 Å². The van der Waals surface area contributed by atoms with Crippen LogP contribution in [0.25, 0.3) is 10.9 Å². The summed E-state index contributed by atoms with van der Waals surface area (Å²) in [6, 6.07) is 15.1. The third-order valence-electron chi connectivity index (χ3n) is 5.26. The van der Waals surface area contributed by atoms with Gasteiger partial charge in [-0.25, -0.2) is 8.42 Å². The molecule has 2 aromatic heterocycles. The molecule has 0 saturated heterocycles. The van der Waals surface area contributed by atoms with E-state index in [9.17, 15) is 13.2 Å². The fourth-order valence-corrected chi connectivity index (χ4v) is 5.00. The average Bonchev–Trinajstić information content (AvgIpc) is 3.26. The molecule has 0 saturated carbocycles. The second-order valence-electron chi connectivity index (χ2n) is 7.75. The third kappa shape index (κ3) is 4.90. The number of hydrogen-bond donors (Lipinski definition) is 2. The molecule has 4 aromatic rings. The first kappa shape index (κ1) is 22.5. The van der Waals surface area contributed by atoms with E-state index in [-0.39, 0.29) is 22.2 Å². The van der Waals surface area contributed by atoms with Gasteiger partial charge in [0, 0.05) is 29.8 Å². The number of carbonyl (C=O) groups is 1. The lowest BCUT2D eigenvalue weighted by Gasteiger charge is -2.11. The predicted octanol–water partition coefficient (Wildman–Crippen LogP) is 4.42. The van der Waals surface area contributed by atoms with Crippen LogP contribution < -0.4 is 10.1 Å². The van der Waals surface area contributed by atoms with E-state index >= 15 is 0 Å². The number of aryl methyl sites for hydroxylation is 1. The number of rotatable bonds is 8. The Morgan fingerprint density at radius 1 is 1.09 bits per heavy atom. The van der Waals surface area contributed by atoms with Crippen molar-refractivity contribution in [1.82, 2.24) is 15.3 Å². The number of H-pyrrole nitrogens is 1. The molecular formula is C25H25N3O4S. The van der Waals surface area contributed by atoms with Crippen LogP contribution >= 0.6 is 0 Å². The Bertz CT molecular complexity index is 1360. The lowest BCUT2D eigenvalue weighted by molar-refractivity contribution is 0.0946. The summed E-state index contributed by atoms with van der Waals surface area (Å²) in [7, 11) is -3.67. The molecule has 2 heterocycles. The van der Waals surface area contributed by atoms with E-state index in [0.29, 0.717) is 23.6 Å². The number of pyridine rings is 1. The second kappa shape index (κ2) is 9.46. The maximum Gasteiger partial charge on any atom is 0.267 e. The van der Waals surface area contributed by atoms with Crippen LogP contribution in [-0.4, -0.2) is 30.9 Å². The first-order valence-electron chi connectivity index (χ1n) is 10.7. The number of benzene rings is 2. The highest BCUT2D eigenvalue weighted by molar-refractivity contribution is 7.91. The molecule has 2 aromatic carbocycles. The normalized spacial score (nSPS) is 11.5. The van der Waals surface area contributed by atoms with Crippen molar-refractivity contribution in [3.8, 4) is 5.75 Å². The number of nitrogens with zero attached hydrogens (tertiary/aromatic N) is 1. The molecule has 7 nitrogen and oxygen atoms in total. The molecule has 0 radical (unpaired) electrons. The maximum absolute atomic E-state index is 13.1. The van der Waals surface area contributed by atoms with Gasteiger partial charge in [0.2, 0.25) is 9.84 Å². The van der Waals surface area contributed by atoms with Crippen molar-refractivity contribution in [3.05, 3.63) is 83.8 Å². The third-order valence-corrected chi connectivity index (χ3v) is 7.19. The fraction of sp³-hybridized carbons (Fsp3) is 0.200. The minimum absolute atomic E-state index is 0.200. The second-order valence-corrected chi connectivity index (χ2v) is 9.67. The van der Waals surface area contributed by atoms with Crippen molar-refractivity contribution in [1.29, 1.82) is 0 Å². The topological polar surface area (TPSA) is 101 Å². The SMILES string of the molecule is CCCOc1ccc(S(=O)(=O)c2ccc(CNC(=O)c3cc4cnccc4[nH]3)cc2)c(C)c1. The quantitative estimate of drug-likeness (QED) is 0.403. The van der Waals surface area contributed by atoms with Crippen molar-refractivity contribution in [2.45, 2.75) is 36.6 Å². The van der Waals surface area contributed by atoms with Crippen LogP contribution in [0.2, 0.25) is 0 Å². The van der Waals surface area contributed by atoms with Crippen molar-refractivity contribution in [3.63, 3.8) is 0 Å². The molecule has 0 aliphatic carbocycles. The largest absolute Gasteiger partial charge is 0.494 e. The van der Waals surface area contributed by atoms with E-state index in [0.717, 1.165) is 22.9 Å². The zero-order valence-corrected chi connectivity index (χ0v) is 19.3. The lowest BCUT2D eigenvalue weighted by Crippen LogP contribution is -2.23. The van der Waals surface area contributed by atoms with Gasteiger partial charge in [-0.05, 0) is 66.9 Å². The van der Waals surface area contributed by atoms with Gasteiger partial charge in [-0.2, -0.15) is 0 Å². The Labute approximate surface area is 192 Å². The molecule has 0 atom stereocenters. The van der Waals surface area contributed by atoms with E-state index in [1.165, 1.54) is 0 Å². The Morgan fingerprint density at radius 3 is 2.58 bits per heavy atom. The Kier molecular flexibility index (Phi) is 6.46. The predicted molar refractivity (Wildman–Crippen MR) is 126 cm³/mol. The van der Waals surface area contributed by atoms with Gasteiger partial charge in [-0.3, -0.25) is 9.78 Å². The van der Waals surface area contributed by atoms with Crippen LogP contribution in [0.1, 0.15) is 35.0 Å². The number of hydrogen-bond acceptors (Lipinski definition) is 5. The van der Waals surface area contributed by atoms with Crippen LogP contribution in [-0.2, 0) is 16.4 Å². The summed E-state index contributed by atoms with van der Waals surface area (Å²) >= 11 is 0. The molecule has 8 heteroatoms. The highest BCUT2D eigenvalue weighted by Gasteiger charge is 2.20. The zero-order valence-electron chi connectivity index (χ0n) is 18.5. The van der Waals surface area contributed by atoms with Gasteiger partial charge in [0.25, 0.3) is 5.91 Å².